The minimum Gasteiger partial charge on any atom is -0.478 e. The van der Waals surface area contributed by atoms with Gasteiger partial charge in [0.15, 0.2) is 0 Å². The average molecular weight is 551 g/mol. The Balaban J connectivity index is 0. The number of hydrogen-bond acceptors (Lipinski definition) is 4. The molecule has 0 saturated heterocycles. The molecule has 0 aliphatic carbocycles. The molecule has 0 radical (unpaired) electrons. The molecule has 0 aromatic rings. The van der Waals surface area contributed by atoms with Crippen molar-refractivity contribution in [2.24, 2.45) is 0 Å². The van der Waals surface area contributed by atoms with E-state index in [1.54, 1.807) is 0 Å². The van der Waals surface area contributed by atoms with Crippen LogP contribution < -0.4 is 0 Å². The van der Waals surface area contributed by atoms with Crippen molar-refractivity contribution in [2.75, 3.05) is 0 Å². The summed E-state index contributed by atoms with van der Waals surface area (Å²) in [6.45, 7) is 4.46. The Bertz CT molecular complexity index is 649. The van der Waals surface area contributed by atoms with Gasteiger partial charge in [-0.3, -0.25) is 9.11 Å². The smallest absolute Gasteiger partial charge is 0.394 e. The van der Waals surface area contributed by atoms with E-state index in [0.29, 0.717) is 12.8 Å². The Morgan fingerprint density at radius 2 is 0.649 bits per heavy atom. The van der Waals surface area contributed by atoms with Gasteiger partial charge in [0.2, 0.25) is 0 Å². The molecule has 0 aromatic carbocycles. The predicted molar refractivity (Wildman–Crippen MR) is 149 cm³/mol. The van der Waals surface area contributed by atoms with Crippen LogP contribution in [0.4, 0.5) is 0 Å². The van der Waals surface area contributed by atoms with E-state index >= 15 is 0 Å². The lowest BCUT2D eigenvalue weighted by Gasteiger charge is -2.10. The molecule has 0 heterocycles. The minimum absolute atomic E-state index is 0.132. The lowest BCUT2D eigenvalue weighted by Crippen LogP contribution is -2.12. The number of carboxylic acids is 2. The summed E-state index contributed by atoms with van der Waals surface area (Å²) in [4.78, 5) is 23.4. The van der Waals surface area contributed by atoms with Crippen LogP contribution >= 0.6 is 0 Å². The van der Waals surface area contributed by atoms with Crippen molar-refractivity contribution in [3.05, 3.63) is 11.1 Å². The third-order valence-corrected chi connectivity index (χ3v) is 6.44. The van der Waals surface area contributed by atoms with E-state index in [0.717, 1.165) is 38.5 Å². The first kappa shape index (κ1) is 37.7. The standard InChI is InChI=1S/C28H52O4.H2O4S/c1-3-5-7-9-11-13-15-17-19-21-23-25(27(29)30)26(28(31)32)24-22-20-18-16-14-12-10-8-6-4-2;1-5(2,3)4/h3-24H2,1-2H3,(H,29,30)(H,31,32);(H2,1,2,3,4)/b26-25-;. The maximum atomic E-state index is 11.7. The van der Waals surface area contributed by atoms with E-state index in [4.69, 9.17) is 17.5 Å². The van der Waals surface area contributed by atoms with Gasteiger partial charge in [0.25, 0.3) is 0 Å². The molecule has 0 aliphatic heterocycles. The largest absolute Gasteiger partial charge is 0.478 e. The minimum atomic E-state index is -4.67. The fraction of sp³-hybridized carbons (Fsp3) is 0.857. The maximum absolute atomic E-state index is 11.7. The molecule has 4 N–H and O–H groups in total. The molecule has 0 bridgehead atoms. The highest BCUT2D eigenvalue weighted by Crippen LogP contribution is 2.21. The molecule has 0 saturated carbocycles. The molecule has 37 heavy (non-hydrogen) atoms. The zero-order chi connectivity index (χ0) is 28.4. The van der Waals surface area contributed by atoms with Gasteiger partial charge in [-0.1, -0.05) is 129 Å². The Labute approximate surface area is 225 Å². The van der Waals surface area contributed by atoms with Gasteiger partial charge in [0, 0.05) is 11.1 Å². The average Bonchev–Trinajstić information content (AvgIpc) is 2.80. The van der Waals surface area contributed by atoms with Crippen LogP contribution in [-0.2, 0) is 20.0 Å². The molecule has 0 unspecified atom stereocenters. The summed E-state index contributed by atoms with van der Waals surface area (Å²) >= 11 is 0. The second-order valence-corrected chi connectivity index (χ2v) is 10.8. The number of carbonyl (C=O) groups is 2. The van der Waals surface area contributed by atoms with E-state index in [1.165, 1.54) is 89.9 Å². The lowest BCUT2D eigenvalue weighted by atomic mass is 9.96. The summed E-state index contributed by atoms with van der Waals surface area (Å²) in [5.74, 6) is -2.10. The Hall–Kier alpha value is -1.45. The number of carboxylic acid groups (broad SMARTS) is 2. The first-order valence-electron chi connectivity index (χ1n) is 14.4. The summed E-state index contributed by atoms with van der Waals surface area (Å²) in [7, 11) is -4.67. The molecular formula is C28H54O8S. The molecular weight excluding hydrogens is 496 g/mol. The van der Waals surface area contributed by atoms with Crippen molar-refractivity contribution >= 4 is 22.3 Å². The van der Waals surface area contributed by atoms with Gasteiger partial charge in [0.05, 0.1) is 0 Å². The van der Waals surface area contributed by atoms with Crippen molar-refractivity contribution in [3.8, 4) is 0 Å². The topological polar surface area (TPSA) is 149 Å². The summed E-state index contributed by atoms with van der Waals surface area (Å²) in [6, 6.07) is 0. The van der Waals surface area contributed by atoms with Gasteiger partial charge in [-0.25, -0.2) is 9.59 Å². The van der Waals surface area contributed by atoms with Crippen LogP contribution in [0, 0.1) is 0 Å². The van der Waals surface area contributed by atoms with Gasteiger partial charge in [-0.15, -0.1) is 0 Å². The van der Waals surface area contributed by atoms with E-state index < -0.39 is 22.3 Å². The quantitative estimate of drug-likeness (QED) is 0.0531. The van der Waals surface area contributed by atoms with Crippen molar-refractivity contribution < 1.29 is 37.3 Å². The van der Waals surface area contributed by atoms with E-state index in [9.17, 15) is 19.8 Å². The van der Waals surface area contributed by atoms with Crippen LogP contribution in [0.25, 0.3) is 0 Å². The Morgan fingerprint density at radius 1 is 0.459 bits per heavy atom. The number of aliphatic carboxylic acids is 2. The molecule has 0 amide bonds. The summed E-state index contributed by atoms with van der Waals surface area (Å²) < 4.78 is 31.6. The first-order chi connectivity index (χ1) is 17.5. The third kappa shape index (κ3) is 30.7. The van der Waals surface area contributed by atoms with Gasteiger partial charge in [0.1, 0.15) is 0 Å². The van der Waals surface area contributed by atoms with Crippen LogP contribution in [0.2, 0.25) is 0 Å². The molecule has 0 rings (SSSR count). The fourth-order valence-corrected chi connectivity index (χ4v) is 4.35. The molecule has 0 fully saturated rings. The van der Waals surface area contributed by atoms with Gasteiger partial charge >= 0.3 is 22.3 Å². The molecule has 0 spiro atoms. The zero-order valence-corrected chi connectivity index (χ0v) is 24.2. The van der Waals surface area contributed by atoms with Crippen molar-refractivity contribution in [2.45, 2.75) is 155 Å². The number of hydrogen-bond donors (Lipinski definition) is 4. The van der Waals surface area contributed by atoms with E-state index in [-0.39, 0.29) is 11.1 Å². The SMILES string of the molecule is CCCCCCCCCCCC/C(C(=O)O)=C(\CCCCCCCCCCCC)C(=O)O.O=S(=O)(O)O. The third-order valence-electron chi connectivity index (χ3n) is 6.44. The Morgan fingerprint density at radius 3 is 0.838 bits per heavy atom. The maximum Gasteiger partial charge on any atom is 0.394 e. The van der Waals surface area contributed by atoms with Crippen LogP contribution in [0.3, 0.4) is 0 Å². The van der Waals surface area contributed by atoms with Crippen molar-refractivity contribution in [1.29, 1.82) is 0 Å². The highest BCUT2D eigenvalue weighted by Gasteiger charge is 2.19. The highest BCUT2D eigenvalue weighted by molar-refractivity contribution is 7.79. The van der Waals surface area contributed by atoms with Crippen molar-refractivity contribution in [3.63, 3.8) is 0 Å². The molecule has 220 valence electrons. The van der Waals surface area contributed by atoms with Crippen LogP contribution in [0.1, 0.15) is 155 Å². The van der Waals surface area contributed by atoms with Crippen LogP contribution in [-0.4, -0.2) is 39.7 Å². The summed E-state index contributed by atoms with van der Waals surface area (Å²) in [5, 5.41) is 19.2. The van der Waals surface area contributed by atoms with Crippen LogP contribution in [0.15, 0.2) is 11.1 Å². The molecule has 9 heteroatoms. The van der Waals surface area contributed by atoms with Crippen molar-refractivity contribution in [1.82, 2.24) is 0 Å². The molecule has 0 aromatic heterocycles. The second-order valence-electron chi connectivity index (χ2n) is 9.88. The van der Waals surface area contributed by atoms with Gasteiger partial charge < -0.3 is 10.2 Å². The lowest BCUT2D eigenvalue weighted by molar-refractivity contribution is -0.136. The normalized spacial score (nSPS) is 12.0. The first-order valence-corrected chi connectivity index (χ1v) is 15.8. The molecule has 0 atom stereocenters. The van der Waals surface area contributed by atoms with E-state index in [2.05, 4.69) is 13.8 Å². The highest BCUT2D eigenvalue weighted by atomic mass is 32.3. The van der Waals surface area contributed by atoms with Gasteiger partial charge in [-0.05, 0) is 25.7 Å². The summed E-state index contributed by atoms with van der Waals surface area (Å²) in [5.41, 5.74) is 0.265. The Kier molecular flexibility index (Phi) is 26.7. The number of rotatable bonds is 24. The summed E-state index contributed by atoms with van der Waals surface area (Å²) in [6.07, 6.45) is 24.5. The van der Waals surface area contributed by atoms with Gasteiger partial charge in [-0.2, -0.15) is 8.42 Å². The predicted octanol–water partition coefficient (Wildman–Crippen LogP) is 8.42. The molecule has 8 nitrogen and oxygen atoms in total. The zero-order valence-electron chi connectivity index (χ0n) is 23.4. The second kappa shape index (κ2) is 26.2. The van der Waals surface area contributed by atoms with Crippen LogP contribution in [0.5, 0.6) is 0 Å². The fourth-order valence-electron chi connectivity index (χ4n) is 4.35. The number of unbranched alkanes of at least 4 members (excludes halogenated alkanes) is 18. The monoisotopic (exact) mass is 550 g/mol. The van der Waals surface area contributed by atoms with E-state index in [1.807, 2.05) is 0 Å². The molecule has 0 aliphatic rings.